The smallest absolute Gasteiger partial charge is 0.172 e. The van der Waals surface area contributed by atoms with Gasteiger partial charge in [0.25, 0.3) is 0 Å². The van der Waals surface area contributed by atoms with Crippen LogP contribution < -0.4 is 5.50 Å². The molecule has 146 valence electrons. The van der Waals surface area contributed by atoms with Crippen LogP contribution in [0.3, 0.4) is 0 Å². The van der Waals surface area contributed by atoms with E-state index in [2.05, 4.69) is 52.7 Å². The Balaban J connectivity index is 1.94. The first-order valence-electron chi connectivity index (χ1n) is 9.61. The second-order valence-electron chi connectivity index (χ2n) is 6.97. The quantitative estimate of drug-likeness (QED) is 0.749. The maximum atomic E-state index is 6.26. The highest BCUT2D eigenvalue weighted by Gasteiger charge is 2.40. The fourth-order valence-electron chi connectivity index (χ4n) is 3.71. The van der Waals surface area contributed by atoms with Crippen molar-refractivity contribution in [1.29, 1.82) is 0 Å². The van der Waals surface area contributed by atoms with Gasteiger partial charge in [-0.3, -0.25) is 0 Å². The molecule has 27 heavy (non-hydrogen) atoms. The summed E-state index contributed by atoms with van der Waals surface area (Å²) in [6.07, 6.45) is 0. The second kappa shape index (κ2) is 8.29. The Morgan fingerprint density at radius 2 is 1.41 bits per heavy atom. The molecule has 0 amide bonds. The average molecular weight is 389 g/mol. The lowest BCUT2D eigenvalue weighted by atomic mass is 10.2. The molecule has 0 atom stereocenters. The number of hydrogen-bond donors (Lipinski definition) is 0. The van der Waals surface area contributed by atoms with Gasteiger partial charge >= 0.3 is 0 Å². The molecule has 2 aliphatic heterocycles. The van der Waals surface area contributed by atoms with Crippen molar-refractivity contribution in [2.24, 2.45) is 4.74 Å². The Bertz CT molecular complexity index is 801. The van der Waals surface area contributed by atoms with Crippen molar-refractivity contribution < 1.29 is 13.9 Å². The summed E-state index contributed by atoms with van der Waals surface area (Å²) in [5.41, 5.74) is 3.21. The third-order valence-corrected chi connectivity index (χ3v) is 8.85. The summed E-state index contributed by atoms with van der Waals surface area (Å²) in [7, 11) is -2.26. The number of nitrogens with zero attached hydrogens (tertiary/aromatic N) is 3. The number of morpholine rings is 2. The Morgan fingerprint density at radius 1 is 0.815 bits per heavy atom. The van der Waals surface area contributed by atoms with Crippen LogP contribution in [0.5, 0.6) is 0 Å². The van der Waals surface area contributed by atoms with Gasteiger partial charge in [-0.25, -0.2) is 14.1 Å². The Kier molecular flexibility index (Phi) is 5.81. The average Bonchev–Trinajstić information content (AvgIpc) is 3.15. The van der Waals surface area contributed by atoms with Gasteiger partial charge < -0.3 is 13.9 Å². The van der Waals surface area contributed by atoms with Gasteiger partial charge in [-0.05, 0) is 37.6 Å². The molecular weight excluding hydrogens is 361 g/mol. The van der Waals surface area contributed by atoms with E-state index in [-0.39, 0.29) is 0 Å². The maximum Gasteiger partial charge on any atom is 0.172 e. The van der Waals surface area contributed by atoms with E-state index in [1.54, 1.807) is 0 Å². The van der Waals surface area contributed by atoms with Crippen LogP contribution in [0.4, 0.5) is 5.69 Å². The van der Waals surface area contributed by atoms with Gasteiger partial charge in [0.2, 0.25) is 0 Å². The van der Waals surface area contributed by atoms with Crippen LogP contribution in [0, 0.1) is 13.8 Å². The van der Waals surface area contributed by atoms with Crippen molar-refractivity contribution in [3.63, 3.8) is 0 Å². The molecule has 4 rings (SSSR count). The van der Waals surface area contributed by atoms with E-state index in [4.69, 9.17) is 18.6 Å². The van der Waals surface area contributed by atoms with Crippen LogP contribution in [0.15, 0.2) is 45.6 Å². The zero-order chi connectivity index (χ0) is 18.7. The number of rotatable bonds is 4. The highest BCUT2D eigenvalue weighted by Crippen LogP contribution is 2.58. The van der Waals surface area contributed by atoms with Gasteiger partial charge in [0.05, 0.1) is 32.1 Å². The predicted octanol–water partition coefficient (Wildman–Crippen LogP) is 3.55. The van der Waals surface area contributed by atoms with Gasteiger partial charge in [0.15, 0.2) is 12.9 Å². The first-order chi connectivity index (χ1) is 13.2. The van der Waals surface area contributed by atoms with Crippen LogP contribution in [0.1, 0.15) is 11.3 Å². The SMILES string of the molecule is Cc1ccc(P(=Nc2ccccc2C)(N2CCOCC2)N2CCOCC2)o1. The zero-order valence-electron chi connectivity index (χ0n) is 16.1. The van der Waals surface area contributed by atoms with Crippen molar-refractivity contribution in [3.8, 4) is 0 Å². The van der Waals surface area contributed by atoms with Crippen molar-refractivity contribution in [2.75, 3.05) is 52.6 Å². The molecule has 2 aromatic rings. The third kappa shape index (κ3) is 3.78. The first-order valence-corrected chi connectivity index (χ1v) is 11.3. The van der Waals surface area contributed by atoms with E-state index in [1.165, 1.54) is 5.56 Å². The van der Waals surface area contributed by atoms with Gasteiger partial charge in [0.1, 0.15) is 5.76 Å². The molecule has 2 saturated heterocycles. The molecule has 2 aliphatic rings. The minimum Gasteiger partial charge on any atom is -0.457 e. The molecule has 1 aromatic carbocycles. The predicted molar refractivity (Wildman–Crippen MR) is 108 cm³/mol. The number of hydrogen-bond acceptors (Lipinski definition) is 4. The van der Waals surface area contributed by atoms with E-state index in [9.17, 15) is 0 Å². The fraction of sp³-hybridized carbons (Fsp3) is 0.500. The molecular formula is C20H28N3O3P. The lowest BCUT2D eigenvalue weighted by Crippen LogP contribution is -2.46. The standard InChI is InChI=1S/C20H28N3O3P/c1-17-5-3-4-6-19(17)21-27(20-8-7-18(2)26-20,22-9-13-24-14-10-22)23-11-15-25-16-12-23/h3-8H,9-16H2,1-2H3. The molecule has 0 spiro atoms. The number of aryl methyl sites for hydroxylation is 2. The normalized spacial score (nSPS) is 19.9. The minimum atomic E-state index is -2.26. The molecule has 0 radical (unpaired) electrons. The second-order valence-corrected chi connectivity index (χ2v) is 9.88. The maximum absolute atomic E-state index is 6.26. The number of ether oxygens (including phenoxy) is 2. The lowest BCUT2D eigenvalue weighted by molar-refractivity contribution is 0.0575. The summed E-state index contributed by atoms with van der Waals surface area (Å²) in [5.74, 6) is 0.927. The Labute approximate surface area is 161 Å². The summed E-state index contributed by atoms with van der Waals surface area (Å²) in [4.78, 5) is 0. The summed E-state index contributed by atoms with van der Waals surface area (Å²) >= 11 is 0. The van der Waals surface area contributed by atoms with Crippen molar-refractivity contribution in [2.45, 2.75) is 13.8 Å². The van der Waals surface area contributed by atoms with Gasteiger partial charge in [-0.15, -0.1) is 0 Å². The molecule has 7 heteroatoms. The van der Waals surface area contributed by atoms with Gasteiger partial charge in [-0.2, -0.15) is 0 Å². The molecule has 0 aliphatic carbocycles. The number of benzene rings is 1. The van der Waals surface area contributed by atoms with E-state index in [0.29, 0.717) is 0 Å². The molecule has 6 nitrogen and oxygen atoms in total. The Morgan fingerprint density at radius 3 is 1.93 bits per heavy atom. The third-order valence-electron chi connectivity index (χ3n) is 5.15. The van der Waals surface area contributed by atoms with Gasteiger partial charge in [-0.1, -0.05) is 18.2 Å². The lowest BCUT2D eigenvalue weighted by Gasteiger charge is -2.45. The summed E-state index contributed by atoms with van der Waals surface area (Å²) < 4.78 is 28.1. The van der Waals surface area contributed by atoms with Crippen LogP contribution in [0.2, 0.25) is 0 Å². The highest BCUT2D eigenvalue weighted by molar-refractivity contribution is 7.69. The first kappa shape index (κ1) is 18.9. The number of furan rings is 1. The minimum absolute atomic E-state index is 0.731. The molecule has 0 bridgehead atoms. The molecule has 2 fully saturated rings. The largest absolute Gasteiger partial charge is 0.457 e. The molecule has 0 unspecified atom stereocenters. The van der Waals surface area contributed by atoms with Crippen LogP contribution in [0.25, 0.3) is 0 Å². The van der Waals surface area contributed by atoms with Crippen LogP contribution in [-0.4, -0.2) is 61.9 Å². The fourth-order valence-corrected chi connectivity index (χ4v) is 7.48. The van der Waals surface area contributed by atoms with Crippen molar-refractivity contribution in [3.05, 3.63) is 47.7 Å². The van der Waals surface area contributed by atoms with E-state index in [0.717, 1.165) is 69.6 Å². The summed E-state index contributed by atoms with van der Waals surface area (Å²) in [5, 5.41) is 0. The van der Waals surface area contributed by atoms with Crippen LogP contribution >= 0.6 is 7.36 Å². The topological polar surface area (TPSA) is 50.4 Å². The molecule has 0 saturated carbocycles. The van der Waals surface area contributed by atoms with E-state index >= 15 is 0 Å². The van der Waals surface area contributed by atoms with Crippen LogP contribution in [-0.2, 0) is 9.47 Å². The van der Waals surface area contributed by atoms with E-state index < -0.39 is 7.36 Å². The van der Waals surface area contributed by atoms with Crippen molar-refractivity contribution in [1.82, 2.24) is 9.34 Å². The molecule has 0 N–H and O–H groups in total. The van der Waals surface area contributed by atoms with Gasteiger partial charge in [0, 0.05) is 26.2 Å². The van der Waals surface area contributed by atoms with Crippen molar-refractivity contribution >= 4 is 18.5 Å². The highest BCUT2D eigenvalue weighted by atomic mass is 31.2. The molecule has 1 aromatic heterocycles. The summed E-state index contributed by atoms with van der Waals surface area (Å²) in [6, 6.07) is 12.5. The summed E-state index contributed by atoms with van der Waals surface area (Å²) in [6.45, 7) is 10.5. The van der Waals surface area contributed by atoms with E-state index in [1.807, 2.05) is 6.92 Å². The monoisotopic (exact) mass is 389 g/mol. The Hall–Kier alpha value is -1.43. The zero-order valence-corrected chi connectivity index (χ0v) is 17.0. The molecule has 3 heterocycles.